The van der Waals surface area contributed by atoms with Gasteiger partial charge < -0.3 is 29.9 Å². The average Bonchev–Trinajstić information content (AvgIpc) is 3.36. The highest BCUT2D eigenvalue weighted by Crippen LogP contribution is 2.24. The summed E-state index contributed by atoms with van der Waals surface area (Å²) >= 11 is 0. The van der Waals surface area contributed by atoms with E-state index in [1.807, 2.05) is 69.2 Å². The molecule has 0 amide bonds. The summed E-state index contributed by atoms with van der Waals surface area (Å²) in [5.74, 6) is 1.90. The summed E-state index contributed by atoms with van der Waals surface area (Å²) in [7, 11) is 0. The average molecular weight is 567 g/mol. The van der Waals surface area contributed by atoms with Gasteiger partial charge in [-0.3, -0.25) is 0 Å². The number of hydrogen-bond acceptors (Lipinski definition) is 6. The molecular formula is C33H74O6. The number of aliphatic hydroxyl groups excluding tert-OH is 4. The van der Waals surface area contributed by atoms with Crippen LogP contribution in [-0.4, -0.2) is 71.3 Å². The van der Waals surface area contributed by atoms with Gasteiger partial charge >= 0.3 is 0 Å². The Morgan fingerprint density at radius 3 is 1.00 bits per heavy atom. The Morgan fingerprint density at radius 1 is 0.385 bits per heavy atom. The van der Waals surface area contributed by atoms with Gasteiger partial charge in [0.1, 0.15) is 0 Å². The van der Waals surface area contributed by atoms with E-state index in [-0.39, 0.29) is 24.4 Å². The van der Waals surface area contributed by atoms with Gasteiger partial charge in [0.25, 0.3) is 0 Å². The van der Waals surface area contributed by atoms with Gasteiger partial charge in [-0.1, -0.05) is 102 Å². The highest BCUT2D eigenvalue weighted by Gasteiger charge is 2.20. The maximum atomic E-state index is 9.18. The van der Waals surface area contributed by atoms with Crippen molar-refractivity contribution in [2.45, 2.75) is 165 Å². The third kappa shape index (κ3) is 26.4. The van der Waals surface area contributed by atoms with Crippen molar-refractivity contribution in [3.05, 3.63) is 0 Å². The molecule has 2 aliphatic carbocycles. The molecular weight excluding hydrogens is 492 g/mol. The number of rotatable bonds is 0. The van der Waals surface area contributed by atoms with E-state index >= 15 is 0 Å². The third-order valence-electron chi connectivity index (χ3n) is 7.14. The van der Waals surface area contributed by atoms with Gasteiger partial charge in [-0.15, -0.1) is 0 Å². The van der Waals surface area contributed by atoms with Crippen molar-refractivity contribution in [1.29, 1.82) is 0 Å². The van der Waals surface area contributed by atoms with E-state index in [4.69, 9.17) is 24.8 Å². The molecule has 2 heterocycles. The smallest absolute Gasteiger partial charge is 0.0799 e. The Kier molecular flexibility index (Phi) is 39.8. The second kappa shape index (κ2) is 34.0. The molecule has 0 aromatic carbocycles. The van der Waals surface area contributed by atoms with Crippen LogP contribution in [0.15, 0.2) is 0 Å². The number of aliphatic hydroxyl groups is 4. The summed E-state index contributed by atoms with van der Waals surface area (Å²) in [5.41, 5.74) is 0. The Bertz CT molecular complexity index is 351. The lowest BCUT2D eigenvalue weighted by molar-refractivity contribution is -0.0380. The van der Waals surface area contributed by atoms with Crippen LogP contribution in [0, 0.1) is 23.7 Å². The summed E-state index contributed by atoms with van der Waals surface area (Å²) in [6.45, 7) is 27.1. The second-order valence-corrected chi connectivity index (χ2v) is 10.1. The molecule has 2 saturated carbocycles. The van der Waals surface area contributed by atoms with E-state index < -0.39 is 0 Å². The fourth-order valence-electron chi connectivity index (χ4n) is 4.12. The van der Waals surface area contributed by atoms with Crippen molar-refractivity contribution in [1.82, 2.24) is 0 Å². The van der Waals surface area contributed by atoms with Crippen LogP contribution in [0.2, 0.25) is 0 Å². The van der Waals surface area contributed by atoms with Crippen molar-refractivity contribution in [2.75, 3.05) is 26.4 Å². The van der Waals surface area contributed by atoms with Crippen molar-refractivity contribution >= 4 is 0 Å². The maximum absolute atomic E-state index is 9.18. The molecule has 39 heavy (non-hydrogen) atoms. The van der Waals surface area contributed by atoms with Gasteiger partial charge in [0.05, 0.1) is 37.6 Å². The largest absolute Gasteiger partial charge is 0.393 e. The SMILES string of the molecule is CC.CC.CC.CC.C[C@H]1CCCC[C@@H]1O.C[C@H]1CCC[C@@H]1O.C[C@H]1CCOC[C@@H]1O.C[C@H]1COCC[C@@H]1O. The van der Waals surface area contributed by atoms with Gasteiger partial charge in [0.2, 0.25) is 0 Å². The first kappa shape index (κ1) is 45.7. The van der Waals surface area contributed by atoms with E-state index in [0.29, 0.717) is 30.3 Å². The molecule has 0 aromatic rings. The van der Waals surface area contributed by atoms with Crippen LogP contribution in [0.4, 0.5) is 0 Å². The van der Waals surface area contributed by atoms with Gasteiger partial charge in [-0.05, 0) is 56.3 Å². The van der Waals surface area contributed by atoms with Crippen molar-refractivity contribution in [3.8, 4) is 0 Å². The highest BCUT2D eigenvalue weighted by molar-refractivity contribution is 4.72. The summed E-state index contributed by atoms with van der Waals surface area (Å²) < 4.78 is 10.1. The maximum Gasteiger partial charge on any atom is 0.0799 e. The normalized spacial score (nSPS) is 32.6. The Labute approximate surface area is 245 Å². The Morgan fingerprint density at radius 2 is 0.744 bits per heavy atom. The van der Waals surface area contributed by atoms with E-state index in [2.05, 4.69) is 13.8 Å². The summed E-state index contributed by atoms with van der Waals surface area (Å²) in [4.78, 5) is 0. The van der Waals surface area contributed by atoms with Crippen LogP contribution in [0.25, 0.3) is 0 Å². The lowest BCUT2D eigenvalue weighted by atomic mass is 9.88. The van der Waals surface area contributed by atoms with Gasteiger partial charge in [-0.2, -0.15) is 0 Å². The molecule has 4 rings (SSSR count). The first-order chi connectivity index (χ1) is 18.7. The Hall–Kier alpha value is -0.240. The quantitative estimate of drug-likeness (QED) is 0.240. The standard InChI is InChI=1S/C7H14O.2C6H12O2.C6H12O.4C2H6/c1-6-4-2-3-5-7(6)8;1-5-4-8-3-2-6(5)7;1-5-2-3-8-4-6(5)7;1-5-3-2-4-6(5)7;4*1-2/h6-8H,2-5H2,1H3;2*5-7H,2-4H2,1H3;5-7H,2-4H2,1H3;4*1-2H3/t6-,7-;3*5-,6-;;;;/m0000..../s1. The first-order valence-corrected chi connectivity index (χ1v) is 16.6. The van der Waals surface area contributed by atoms with E-state index in [9.17, 15) is 5.11 Å². The van der Waals surface area contributed by atoms with Crippen LogP contribution in [-0.2, 0) is 9.47 Å². The number of hydrogen-bond donors (Lipinski definition) is 4. The fourth-order valence-corrected chi connectivity index (χ4v) is 4.12. The summed E-state index contributed by atoms with van der Waals surface area (Å²) in [5, 5.41) is 36.3. The Balaban J connectivity index is -0.000000193. The summed E-state index contributed by atoms with van der Waals surface area (Å²) in [6, 6.07) is 0. The molecule has 6 nitrogen and oxygen atoms in total. The minimum atomic E-state index is -0.219. The lowest BCUT2D eigenvalue weighted by Gasteiger charge is -2.23. The van der Waals surface area contributed by atoms with Crippen LogP contribution in [0.5, 0.6) is 0 Å². The van der Waals surface area contributed by atoms with Gasteiger partial charge in [0.15, 0.2) is 0 Å². The highest BCUT2D eigenvalue weighted by atomic mass is 16.5. The molecule has 4 aliphatic rings. The first-order valence-electron chi connectivity index (χ1n) is 16.6. The lowest BCUT2D eigenvalue weighted by Crippen LogP contribution is -2.29. The molecule has 0 aromatic heterocycles. The van der Waals surface area contributed by atoms with E-state index in [1.165, 1.54) is 32.1 Å². The van der Waals surface area contributed by atoms with Gasteiger partial charge in [0, 0.05) is 19.1 Å². The van der Waals surface area contributed by atoms with Crippen LogP contribution in [0.3, 0.4) is 0 Å². The van der Waals surface area contributed by atoms with Gasteiger partial charge in [-0.25, -0.2) is 0 Å². The predicted octanol–water partition coefficient (Wildman–Crippen LogP) is 7.64. The van der Waals surface area contributed by atoms with Crippen LogP contribution >= 0.6 is 0 Å². The molecule has 8 atom stereocenters. The van der Waals surface area contributed by atoms with Crippen molar-refractivity contribution in [3.63, 3.8) is 0 Å². The zero-order valence-corrected chi connectivity index (χ0v) is 28.4. The molecule has 4 N–H and O–H groups in total. The number of ether oxygens (including phenoxy) is 2. The molecule has 6 heteroatoms. The summed E-state index contributed by atoms with van der Waals surface area (Å²) in [6.07, 6.45) is 9.76. The zero-order valence-electron chi connectivity index (χ0n) is 28.4. The molecule has 2 aliphatic heterocycles. The second-order valence-electron chi connectivity index (χ2n) is 10.1. The molecule has 0 unspecified atom stereocenters. The minimum Gasteiger partial charge on any atom is -0.393 e. The fraction of sp³-hybridized carbons (Fsp3) is 1.00. The molecule has 2 saturated heterocycles. The monoisotopic (exact) mass is 567 g/mol. The molecule has 0 bridgehead atoms. The van der Waals surface area contributed by atoms with Crippen molar-refractivity contribution < 1.29 is 29.9 Å². The topological polar surface area (TPSA) is 99.4 Å². The van der Waals surface area contributed by atoms with E-state index in [0.717, 1.165) is 45.5 Å². The van der Waals surface area contributed by atoms with Crippen LogP contribution < -0.4 is 0 Å². The molecule has 0 spiro atoms. The minimum absolute atomic E-state index is 0.00347. The van der Waals surface area contributed by atoms with Crippen molar-refractivity contribution in [2.24, 2.45) is 23.7 Å². The molecule has 242 valence electrons. The molecule has 4 fully saturated rings. The predicted molar refractivity (Wildman–Crippen MR) is 169 cm³/mol. The molecule has 0 radical (unpaired) electrons. The van der Waals surface area contributed by atoms with E-state index in [1.54, 1.807) is 0 Å². The third-order valence-corrected chi connectivity index (χ3v) is 7.14. The zero-order chi connectivity index (χ0) is 31.2. The van der Waals surface area contributed by atoms with Crippen LogP contribution in [0.1, 0.15) is 141 Å².